The van der Waals surface area contributed by atoms with Crippen LogP contribution in [0.15, 0.2) is 46.5 Å². The maximum Gasteiger partial charge on any atom is 0.350 e. The molecule has 0 amide bonds. The molecule has 0 spiro atoms. The first-order valence-corrected chi connectivity index (χ1v) is 8.43. The molecule has 146 valence electrons. The van der Waals surface area contributed by atoms with E-state index in [1.165, 1.54) is 34.1 Å². The molecule has 3 rings (SSSR count). The van der Waals surface area contributed by atoms with Gasteiger partial charge < -0.3 is 23.9 Å². The molecule has 0 atom stereocenters. The Morgan fingerprint density at radius 1 is 1.11 bits per heavy atom. The van der Waals surface area contributed by atoms with E-state index < -0.39 is 17.7 Å². The number of rotatable bonds is 5. The van der Waals surface area contributed by atoms with Crippen molar-refractivity contribution in [2.75, 3.05) is 12.4 Å². The fourth-order valence-corrected chi connectivity index (χ4v) is 2.59. The second-order valence-corrected chi connectivity index (χ2v) is 6.52. The molecule has 2 heterocycles. The van der Waals surface area contributed by atoms with Crippen LogP contribution >= 0.6 is 0 Å². The van der Waals surface area contributed by atoms with E-state index in [-0.39, 0.29) is 17.1 Å². The van der Waals surface area contributed by atoms with Crippen molar-refractivity contribution < 1.29 is 33.0 Å². The minimum Gasteiger partial charge on any atom is -0.496 e. The van der Waals surface area contributed by atoms with Crippen molar-refractivity contribution >= 4 is 23.4 Å². The summed E-state index contributed by atoms with van der Waals surface area (Å²) in [6.45, 7) is 4.37. The van der Waals surface area contributed by atoms with Crippen LogP contribution in [0.2, 0.25) is 0 Å². The number of esters is 2. The van der Waals surface area contributed by atoms with Crippen molar-refractivity contribution in [3.8, 4) is 17.1 Å². The topological polar surface area (TPSA) is 104 Å². The first kappa shape index (κ1) is 19.2. The van der Waals surface area contributed by atoms with Gasteiger partial charge in [0.1, 0.15) is 11.5 Å². The third kappa shape index (κ3) is 3.90. The van der Waals surface area contributed by atoms with Crippen LogP contribution in [0, 0.1) is 0 Å². The number of carbonyl (C=O) groups is 3. The van der Waals surface area contributed by atoms with Crippen LogP contribution < -0.4 is 10.1 Å². The zero-order valence-electron chi connectivity index (χ0n) is 15.8. The van der Waals surface area contributed by atoms with E-state index >= 15 is 0 Å². The molecule has 1 fully saturated rings. The molecule has 28 heavy (non-hydrogen) atoms. The maximum absolute atomic E-state index is 12.0. The molecule has 0 unspecified atom stereocenters. The summed E-state index contributed by atoms with van der Waals surface area (Å²) in [6, 6.07) is 8.36. The minimum atomic E-state index is -1.29. The zero-order valence-corrected chi connectivity index (χ0v) is 15.8. The predicted molar refractivity (Wildman–Crippen MR) is 98.7 cm³/mol. The van der Waals surface area contributed by atoms with Crippen molar-refractivity contribution in [3.05, 3.63) is 47.9 Å². The summed E-state index contributed by atoms with van der Waals surface area (Å²) >= 11 is 0. The highest BCUT2D eigenvalue weighted by molar-refractivity contribution is 6.15. The van der Waals surface area contributed by atoms with Crippen LogP contribution in [0.25, 0.3) is 11.3 Å². The molecule has 8 nitrogen and oxygen atoms in total. The second-order valence-electron chi connectivity index (χ2n) is 6.52. The molecular weight excluding hydrogens is 366 g/mol. The first-order chi connectivity index (χ1) is 13.2. The molecule has 1 aromatic carbocycles. The fraction of sp³-hybridized carbons (Fsp3) is 0.250. The zero-order chi connectivity index (χ0) is 20.5. The van der Waals surface area contributed by atoms with Gasteiger partial charge in [0, 0.05) is 38.7 Å². The monoisotopic (exact) mass is 385 g/mol. The predicted octanol–water partition coefficient (Wildman–Crippen LogP) is 3.29. The van der Waals surface area contributed by atoms with E-state index in [1.54, 1.807) is 30.3 Å². The van der Waals surface area contributed by atoms with Gasteiger partial charge >= 0.3 is 11.9 Å². The summed E-state index contributed by atoms with van der Waals surface area (Å²) in [7, 11) is 1.49. The summed E-state index contributed by atoms with van der Waals surface area (Å²) in [5.74, 6) is -1.81. The number of ketones is 1. The molecule has 1 aliphatic heterocycles. The van der Waals surface area contributed by atoms with Gasteiger partial charge in [0.25, 0.3) is 5.79 Å². The number of nitrogens with one attached hydrogen (secondary N) is 1. The lowest BCUT2D eigenvalue weighted by Gasteiger charge is -2.29. The summed E-state index contributed by atoms with van der Waals surface area (Å²) in [4.78, 5) is 35.3. The highest BCUT2D eigenvalue weighted by Crippen LogP contribution is 2.34. The highest BCUT2D eigenvalue weighted by atomic mass is 16.7. The Labute approximate surface area is 161 Å². The van der Waals surface area contributed by atoms with Gasteiger partial charge in [-0.05, 0) is 24.3 Å². The fourth-order valence-electron chi connectivity index (χ4n) is 2.59. The molecule has 0 aliphatic carbocycles. The van der Waals surface area contributed by atoms with Crippen LogP contribution in [0.3, 0.4) is 0 Å². The number of furan rings is 1. The van der Waals surface area contributed by atoms with E-state index in [4.69, 9.17) is 18.6 Å². The number of anilines is 1. The van der Waals surface area contributed by atoms with E-state index in [1.807, 2.05) is 0 Å². The molecule has 0 bridgehead atoms. The molecule has 8 heteroatoms. The van der Waals surface area contributed by atoms with Crippen LogP contribution in [0.4, 0.5) is 5.69 Å². The van der Waals surface area contributed by atoms with Crippen LogP contribution in [-0.2, 0) is 19.1 Å². The van der Waals surface area contributed by atoms with E-state index in [0.29, 0.717) is 22.8 Å². The number of hydrogen-bond acceptors (Lipinski definition) is 8. The number of benzene rings is 1. The molecule has 1 saturated heterocycles. The van der Waals surface area contributed by atoms with Gasteiger partial charge in [-0.1, -0.05) is 0 Å². The molecule has 1 N–H and O–H groups in total. The van der Waals surface area contributed by atoms with Gasteiger partial charge in [0.15, 0.2) is 17.1 Å². The van der Waals surface area contributed by atoms with Gasteiger partial charge in [0.2, 0.25) is 0 Å². The molecule has 1 aliphatic rings. The largest absolute Gasteiger partial charge is 0.496 e. The van der Waals surface area contributed by atoms with Crippen molar-refractivity contribution in [3.63, 3.8) is 0 Å². The van der Waals surface area contributed by atoms with Gasteiger partial charge in [-0.15, -0.1) is 0 Å². The van der Waals surface area contributed by atoms with Crippen molar-refractivity contribution in [2.24, 2.45) is 0 Å². The normalized spacial score (nSPS) is 15.5. The Kier molecular flexibility index (Phi) is 4.96. The molecule has 0 radical (unpaired) electrons. The van der Waals surface area contributed by atoms with Gasteiger partial charge in [-0.2, -0.15) is 0 Å². The quantitative estimate of drug-likeness (QED) is 0.362. The third-order valence-corrected chi connectivity index (χ3v) is 3.92. The van der Waals surface area contributed by atoms with Gasteiger partial charge in [0.05, 0.1) is 12.7 Å². The third-order valence-electron chi connectivity index (χ3n) is 3.92. The van der Waals surface area contributed by atoms with E-state index in [2.05, 4.69) is 5.32 Å². The number of Topliss-reactive ketones (excluding diaryl/α,β-unsaturated/α-hetero) is 1. The Balaban J connectivity index is 1.83. The van der Waals surface area contributed by atoms with E-state index in [0.717, 1.165) is 0 Å². The average molecular weight is 385 g/mol. The summed E-state index contributed by atoms with van der Waals surface area (Å²) in [5, 5.41) is 2.85. The van der Waals surface area contributed by atoms with Crippen LogP contribution in [0.5, 0.6) is 5.75 Å². The smallest absolute Gasteiger partial charge is 0.350 e. The average Bonchev–Trinajstić information content (AvgIpc) is 3.10. The van der Waals surface area contributed by atoms with Crippen molar-refractivity contribution in [1.82, 2.24) is 0 Å². The van der Waals surface area contributed by atoms with E-state index in [9.17, 15) is 14.4 Å². The number of hydrogen-bond donors (Lipinski definition) is 1. The molecular formula is C20H19NO7. The van der Waals surface area contributed by atoms with Crippen LogP contribution in [0.1, 0.15) is 31.3 Å². The first-order valence-electron chi connectivity index (χ1n) is 8.43. The Morgan fingerprint density at radius 3 is 2.36 bits per heavy atom. The van der Waals surface area contributed by atoms with Gasteiger partial charge in [-0.25, -0.2) is 9.59 Å². The summed E-state index contributed by atoms with van der Waals surface area (Å²) < 4.78 is 21.0. The second kappa shape index (κ2) is 7.22. The van der Waals surface area contributed by atoms with Crippen LogP contribution in [-0.4, -0.2) is 30.6 Å². The number of ether oxygens (including phenoxy) is 3. The standard InChI is InChI=1S/C20H19NO7/c1-11(22)15-7-8-16(26-15)13-6-5-12(9-17(13)25-4)21-10-14-18(23)27-20(2,3)28-19(14)24/h5-10,21H,1-4H3. The number of carbonyl (C=O) groups excluding carboxylic acids is 3. The SMILES string of the molecule is COc1cc(NC=C2C(=O)OC(C)(C)OC2=O)ccc1-c1ccc(C(C)=O)o1. The molecule has 2 aromatic rings. The van der Waals surface area contributed by atoms with Crippen molar-refractivity contribution in [2.45, 2.75) is 26.6 Å². The molecule has 0 saturated carbocycles. The number of methoxy groups -OCH3 is 1. The summed E-state index contributed by atoms with van der Waals surface area (Å²) in [5.41, 5.74) is 0.947. The lowest BCUT2D eigenvalue weighted by Crippen LogP contribution is -2.42. The van der Waals surface area contributed by atoms with Gasteiger partial charge in [-0.3, -0.25) is 4.79 Å². The Bertz CT molecular complexity index is 962. The maximum atomic E-state index is 12.0. The Hall–Kier alpha value is -3.55. The number of cyclic esters (lactones) is 2. The lowest BCUT2D eigenvalue weighted by molar-refractivity contribution is -0.222. The van der Waals surface area contributed by atoms with Crippen molar-refractivity contribution in [1.29, 1.82) is 0 Å². The summed E-state index contributed by atoms with van der Waals surface area (Å²) in [6.07, 6.45) is 1.22. The minimum absolute atomic E-state index is 0.176. The molecule has 1 aromatic heterocycles. The highest BCUT2D eigenvalue weighted by Gasteiger charge is 2.38. The Morgan fingerprint density at radius 2 is 1.79 bits per heavy atom. The lowest BCUT2D eigenvalue weighted by atomic mass is 10.1.